The van der Waals surface area contributed by atoms with Gasteiger partial charge in [0.1, 0.15) is 0 Å². The predicted molar refractivity (Wildman–Crippen MR) is 108 cm³/mol. The first kappa shape index (κ1) is 19.1. The Bertz CT molecular complexity index is 824. The Labute approximate surface area is 160 Å². The van der Waals surface area contributed by atoms with Gasteiger partial charge in [-0.2, -0.15) is 0 Å². The number of anilines is 1. The molecule has 0 aliphatic carbocycles. The molecule has 2 aromatic rings. The van der Waals surface area contributed by atoms with E-state index in [1.807, 2.05) is 54.8 Å². The average molecular weight is 368 g/mol. The molecule has 144 valence electrons. The maximum atomic E-state index is 12.8. The number of nitrogens with one attached hydrogen (secondary N) is 1. The number of carbonyl (C=O) groups excluding carboxylic acids is 2. The maximum Gasteiger partial charge on any atom is 0.319 e. The van der Waals surface area contributed by atoms with Crippen molar-refractivity contribution in [3.05, 3.63) is 36.0 Å². The van der Waals surface area contributed by atoms with Crippen molar-refractivity contribution >= 4 is 28.5 Å². The first-order chi connectivity index (χ1) is 13.0. The van der Waals surface area contributed by atoms with Crippen molar-refractivity contribution in [1.29, 1.82) is 0 Å². The van der Waals surface area contributed by atoms with Crippen molar-refractivity contribution in [3.8, 4) is 0 Å². The number of aryl methyl sites for hydroxylation is 1. The summed E-state index contributed by atoms with van der Waals surface area (Å²) in [5.74, 6) is -0.0438. The van der Waals surface area contributed by atoms with Crippen LogP contribution in [0.25, 0.3) is 10.9 Å². The number of rotatable bonds is 4. The van der Waals surface area contributed by atoms with Crippen LogP contribution in [-0.4, -0.2) is 52.9 Å². The Morgan fingerprint density at radius 1 is 1.19 bits per heavy atom. The summed E-state index contributed by atoms with van der Waals surface area (Å²) < 4.78 is 0. The van der Waals surface area contributed by atoms with Crippen molar-refractivity contribution in [2.24, 2.45) is 5.92 Å². The predicted octanol–water partition coefficient (Wildman–Crippen LogP) is 3.66. The second-order valence-electron chi connectivity index (χ2n) is 7.04. The molecule has 1 aliphatic heterocycles. The van der Waals surface area contributed by atoms with E-state index < -0.39 is 0 Å². The Morgan fingerprint density at radius 2 is 1.89 bits per heavy atom. The third kappa shape index (κ3) is 4.04. The second-order valence-corrected chi connectivity index (χ2v) is 7.04. The molecule has 6 nitrogen and oxygen atoms in total. The van der Waals surface area contributed by atoms with E-state index in [0.29, 0.717) is 39.0 Å². The minimum absolute atomic E-state index is 0.0268. The average Bonchev–Trinajstić information content (AvgIpc) is 2.71. The number of benzene rings is 1. The number of likely N-dealkylation sites (tertiary alicyclic amines) is 1. The number of piperidine rings is 1. The largest absolute Gasteiger partial charge is 0.325 e. The molecule has 3 amide bonds. The smallest absolute Gasteiger partial charge is 0.319 e. The van der Waals surface area contributed by atoms with Crippen molar-refractivity contribution in [2.45, 2.75) is 33.6 Å². The van der Waals surface area contributed by atoms with Crippen LogP contribution < -0.4 is 5.32 Å². The molecule has 1 saturated heterocycles. The zero-order chi connectivity index (χ0) is 19.4. The fourth-order valence-corrected chi connectivity index (χ4v) is 3.68. The van der Waals surface area contributed by atoms with E-state index in [0.717, 1.165) is 22.2 Å². The molecule has 6 heteroatoms. The molecule has 1 aromatic heterocycles. The quantitative estimate of drug-likeness (QED) is 0.896. The van der Waals surface area contributed by atoms with E-state index >= 15 is 0 Å². The third-order valence-electron chi connectivity index (χ3n) is 5.40. The molecule has 0 bridgehead atoms. The van der Waals surface area contributed by atoms with Crippen molar-refractivity contribution < 1.29 is 9.59 Å². The van der Waals surface area contributed by atoms with E-state index in [4.69, 9.17) is 0 Å². The van der Waals surface area contributed by atoms with Crippen LogP contribution in [0.2, 0.25) is 0 Å². The van der Waals surface area contributed by atoms with Crippen LogP contribution in [0.15, 0.2) is 30.5 Å². The molecular formula is C21H28N4O2. The molecule has 0 spiro atoms. The number of amides is 3. The lowest BCUT2D eigenvalue weighted by Gasteiger charge is -2.34. The molecule has 1 aromatic carbocycles. The summed E-state index contributed by atoms with van der Waals surface area (Å²) in [7, 11) is 0. The Morgan fingerprint density at radius 3 is 2.56 bits per heavy atom. The van der Waals surface area contributed by atoms with Gasteiger partial charge in [-0.15, -0.1) is 0 Å². The highest BCUT2D eigenvalue weighted by atomic mass is 16.2. The second kappa shape index (κ2) is 8.37. The first-order valence-electron chi connectivity index (χ1n) is 9.74. The summed E-state index contributed by atoms with van der Waals surface area (Å²) in [6.45, 7) is 8.68. The van der Waals surface area contributed by atoms with Gasteiger partial charge in [0.15, 0.2) is 0 Å². The SMILES string of the molecule is CCN(CC)C(=O)N1CCC(C(=O)Nc2ccc(C)c3ncccc23)CC1. The van der Waals surface area contributed by atoms with Gasteiger partial charge in [-0.1, -0.05) is 6.07 Å². The molecule has 3 rings (SSSR count). The fraction of sp³-hybridized carbons (Fsp3) is 0.476. The van der Waals surface area contributed by atoms with Gasteiger partial charge in [0, 0.05) is 43.7 Å². The Balaban J connectivity index is 1.64. The van der Waals surface area contributed by atoms with Crippen LogP contribution in [0.1, 0.15) is 32.3 Å². The van der Waals surface area contributed by atoms with Crippen molar-refractivity contribution in [2.75, 3.05) is 31.5 Å². The summed E-state index contributed by atoms with van der Waals surface area (Å²) >= 11 is 0. The van der Waals surface area contributed by atoms with Crippen LogP contribution in [0.5, 0.6) is 0 Å². The maximum absolute atomic E-state index is 12.8. The molecule has 2 heterocycles. The minimum atomic E-state index is -0.0706. The Hall–Kier alpha value is -2.63. The lowest BCUT2D eigenvalue weighted by molar-refractivity contribution is -0.121. The highest BCUT2D eigenvalue weighted by Gasteiger charge is 2.29. The van der Waals surface area contributed by atoms with Gasteiger partial charge in [0.2, 0.25) is 5.91 Å². The molecular weight excluding hydrogens is 340 g/mol. The lowest BCUT2D eigenvalue weighted by atomic mass is 9.95. The van der Waals surface area contributed by atoms with E-state index in [1.165, 1.54) is 0 Å². The van der Waals surface area contributed by atoms with Crippen LogP contribution in [-0.2, 0) is 4.79 Å². The van der Waals surface area contributed by atoms with Crippen LogP contribution in [0, 0.1) is 12.8 Å². The molecule has 0 saturated carbocycles. The van der Waals surface area contributed by atoms with Crippen molar-refractivity contribution in [1.82, 2.24) is 14.8 Å². The zero-order valence-electron chi connectivity index (χ0n) is 16.4. The molecule has 1 aliphatic rings. The van der Waals surface area contributed by atoms with Crippen LogP contribution in [0.4, 0.5) is 10.5 Å². The van der Waals surface area contributed by atoms with E-state index in [-0.39, 0.29) is 17.9 Å². The summed E-state index contributed by atoms with van der Waals surface area (Å²) in [6.07, 6.45) is 3.16. The fourth-order valence-electron chi connectivity index (χ4n) is 3.68. The number of hydrogen-bond acceptors (Lipinski definition) is 3. The highest BCUT2D eigenvalue weighted by Crippen LogP contribution is 2.26. The monoisotopic (exact) mass is 368 g/mol. The summed E-state index contributed by atoms with van der Waals surface area (Å²) in [5, 5.41) is 4.04. The van der Waals surface area contributed by atoms with Gasteiger partial charge in [0.05, 0.1) is 11.2 Å². The summed E-state index contributed by atoms with van der Waals surface area (Å²) in [6, 6.07) is 7.87. The number of hydrogen-bond donors (Lipinski definition) is 1. The number of urea groups is 1. The Kier molecular flexibility index (Phi) is 5.94. The van der Waals surface area contributed by atoms with E-state index in [9.17, 15) is 9.59 Å². The van der Waals surface area contributed by atoms with Gasteiger partial charge in [-0.05, 0) is 57.4 Å². The van der Waals surface area contributed by atoms with Gasteiger partial charge in [0.25, 0.3) is 0 Å². The van der Waals surface area contributed by atoms with Gasteiger partial charge < -0.3 is 15.1 Å². The number of carbonyl (C=O) groups is 2. The molecule has 27 heavy (non-hydrogen) atoms. The van der Waals surface area contributed by atoms with Crippen LogP contribution >= 0.6 is 0 Å². The molecule has 0 unspecified atom stereocenters. The van der Waals surface area contributed by atoms with Crippen LogP contribution in [0.3, 0.4) is 0 Å². The van der Waals surface area contributed by atoms with Crippen molar-refractivity contribution in [3.63, 3.8) is 0 Å². The number of pyridine rings is 1. The molecule has 0 atom stereocenters. The normalized spacial score (nSPS) is 15.0. The van der Waals surface area contributed by atoms with E-state index in [1.54, 1.807) is 6.20 Å². The third-order valence-corrected chi connectivity index (χ3v) is 5.40. The number of nitrogens with zero attached hydrogens (tertiary/aromatic N) is 3. The highest BCUT2D eigenvalue weighted by molar-refractivity contribution is 6.02. The summed E-state index contributed by atoms with van der Waals surface area (Å²) in [4.78, 5) is 33.3. The van der Waals surface area contributed by atoms with Gasteiger partial charge in [-0.25, -0.2) is 4.79 Å². The van der Waals surface area contributed by atoms with Gasteiger partial charge >= 0.3 is 6.03 Å². The number of fused-ring (bicyclic) bond motifs is 1. The number of aromatic nitrogens is 1. The summed E-state index contributed by atoms with van der Waals surface area (Å²) in [5.41, 5.74) is 2.80. The zero-order valence-corrected chi connectivity index (χ0v) is 16.4. The van der Waals surface area contributed by atoms with E-state index in [2.05, 4.69) is 10.3 Å². The first-order valence-corrected chi connectivity index (χ1v) is 9.74. The molecule has 1 fully saturated rings. The topological polar surface area (TPSA) is 65.5 Å². The molecule has 0 radical (unpaired) electrons. The standard InChI is InChI=1S/C21H28N4O2/c1-4-24(5-2)21(27)25-13-10-16(11-14-25)20(26)23-18-9-8-15(3)19-17(18)7-6-12-22-19/h6-9,12,16H,4-5,10-11,13-14H2,1-3H3,(H,23,26). The minimum Gasteiger partial charge on any atom is -0.325 e. The molecule has 1 N–H and O–H groups in total. The van der Waals surface area contributed by atoms with Gasteiger partial charge in [-0.3, -0.25) is 9.78 Å². The lowest BCUT2D eigenvalue weighted by Crippen LogP contribution is -2.47.